The number of aliphatic imine (C=N–C) groups is 1. The van der Waals surface area contributed by atoms with Gasteiger partial charge in [0.15, 0.2) is 0 Å². The summed E-state index contributed by atoms with van der Waals surface area (Å²) in [7, 11) is 0. The number of quaternary nitrogens is 1. The van der Waals surface area contributed by atoms with Gasteiger partial charge in [-0.15, -0.1) is 6.01 Å². The van der Waals surface area contributed by atoms with E-state index < -0.39 is 6.09 Å². The fourth-order valence-electron chi connectivity index (χ4n) is 0.197. The smallest absolute Gasteiger partial charge is 0.335 e. The largest absolute Gasteiger partial charge is 0.465 e. The Morgan fingerprint density at radius 2 is 2.44 bits per heavy atom. The van der Waals surface area contributed by atoms with Gasteiger partial charge in [0.05, 0.1) is 6.61 Å². The molecule has 0 aromatic carbocycles. The Balaban J connectivity index is 0. The molecule has 0 saturated carbocycles. The highest BCUT2D eigenvalue weighted by atomic mass is 16.5. The van der Waals surface area contributed by atoms with Gasteiger partial charge in [-0.05, 0) is 6.92 Å². The van der Waals surface area contributed by atoms with Crippen molar-refractivity contribution < 1.29 is 9.53 Å². The van der Waals surface area contributed by atoms with Crippen LogP contribution in [0, 0.1) is 0 Å². The molecule has 0 aromatic rings. The van der Waals surface area contributed by atoms with Gasteiger partial charge in [-0.1, -0.05) is 0 Å². The predicted molar refractivity (Wildman–Crippen MR) is 33.8 cm³/mol. The van der Waals surface area contributed by atoms with Gasteiger partial charge in [0.2, 0.25) is 0 Å². The summed E-state index contributed by atoms with van der Waals surface area (Å²) in [6.45, 7) is 1.90. The molecule has 0 rings (SSSR count). The number of rotatable bonds is 1. The Kier molecular flexibility index (Phi) is 8.12. The van der Waals surface area contributed by atoms with Crippen molar-refractivity contribution in [3.63, 3.8) is 0 Å². The van der Waals surface area contributed by atoms with E-state index in [4.69, 9.17) is 5.41 Å². The second kappa shape index (κ2) is 6.81. The summed E-state index contributed by atoms with van der Waals surface area (Å²) in [6.07, 6.45) is -0.824. The molecule has 9 heavy (non-hydrogen) atoms. The van der Waals surface area contributed by atoms with Gasteiger partial charge in [0.1, 0.15) is 0 Å². The lowest BCUT2D eigenvalue weighted by Gasteiger charge is -1.95. The van der Waals surface area contributed by atoms with Crippen molar-refractivity contribution >= 4 is 12.1 Å². The number of hydrogen-bond donors (Lipinski definition) is 1. The number of nitrogens with zero attached hydrogens (tertiary/aromatic N) is 2. The highest BCUT2D eigenvalue weighted by molar-refractivity contribution is 5.75. The topological polar surface area (TPSA) is 97.5 Å². The summed E-state index contributed by atoms with van der Waals surface area (Å²) >= 11 is 0. The molecule has 0 unspecified atom stereocenters. The van der Waals surface area contributed by atoms with Crippen molar-refractivity contribution in [1.82, 2.24) is 6.15 Å². The van der Waals surface area contributed by atoms with E-state index in [2.05, 4.69) is 9.73 Å². The van der Waals surface area contributed by atoms with Crippen LogP contribution in [0.5, 0.6) is 0 Å². The van der Waals surface area contributed by atoms with E-state index in [0.29, 0.717) is 0 Å². The molecule has 1 amide bonds. The molecule has 0 aliphatic heterocycles. The van der Waals surface area contributed by atoms with Crippen LogP contribution in [0.2, 0.25) is 0 Å². The zero-order chi connectivity index (χ0) is 6.41. The Morgan fingerprint density at radius 3 is 2.78 bits per heavy atom. The minimum atomic E-state index is -0.824. The first-order valence-corrected chi connectivity index (χ1v) is 2.07. The lowest BCUT2D eigenvalue weighted by atomic mass is 10.9. The van der Waals surface area contributed by atoms with Gasteiger partial charge in [-0.2, -0.15) is 0 Å². The molecule has 0 saturated heterocycles. The summed E-state index contributed by atoms with van der Waals surface area (Å²) < 4.78 is 4.25. The Bertz CT molecular complexity index is 128. The lowest BCUT2D eigenvalue weighted by Crippen LogP contribution is -1.95. The van der Waals surface area contributed by atoms with Crippen LogP contribution in [0.4, 0.5) is 4.79 Å². The van der Waals surface area contributed by atoms with E-state index >= 15 is 0 Å². The molecule has 0 radical (unpaired) electrons. The quantitative estimate of drug-likeness (QED) is 0.542. The van der Waals surface area contributed by atoms with Crippen molar-refractivity contribution in [2.75, 3.05) is 6.61 Å². The standard InChI is InChI=1S/C4H5N2O2.H3N/c1-2-8-4(7)6-3-5;/h2H2,1H3;1H3/q-1;/p+1. The number of hydrogen-bond acceptors (Lipinski definition) is 2. The first-order chi connectivity index (χ1) is 3.81. The normalized spacial score (nSPS) is 6.33. The predicted octanol–water partition coefficient (Wildman–Crippen LogP) is 1.26. The highest BCUT2D eigenvalue weighted by Crippen LogP contribution is 1.78. The molecule has 52 valence electrons. The summed E-state index contributed by atoms with van der Waals surface area (Å²) in [6, 6.07) is 1.30. The van der Waals surface area contributed by atoms with E-state index in [1.165, 1.54) is 6.01 Å². The molecular weight excluding hydrogens is 122 g/mol. The molecule has 5 nitrogen and oxygen atoms in total. The van der Waals surface area contributed by atoms with Crippen LogP contribution >= 0.6 is 0 Å². The van der Waals surface area contributed by atoms with Gasteiger partial charge in [-0.3, -0.25) is 4.79 Å². The minimum Gasteiger partial charge on any atom is -0.465 e. The van der Waals surface area contributed by atoms with Crippen LogP contribution in [-0.4, -0.2) is 18.7 Å². The van der Waals surface area contributed by atoms with Gasteiger partial charge in [0, 0.05) is 0 Å². The summed E-state index contributed by atoms with van der Waals surface area (Å²) in [4.78, 5) is 12.8. The molecule has 0 spiro atoms. The van der Waals surface area contributed by atoms with Crippen LogP contribution in [0.25, 0.3) is 5.41 Å². The van der Waals surface area contributed by atoms with Crippen molar-refractivity contribution in [3.05, 3.63) is 5.41 Å². The van der Waals surface area contributed by atoms with Crippen LogP contribution in [0.1, 0.15) is 6.92 Å². The maximum Gasteiger partial charge on any atom is 0.335 e. The van der Waals surface area contributed by atoms with Crippen LogP contribution in [0.15, 0.2) is 4.99 Å². The molecule has 0 aliphatic rings. The van der Waals surface area contributed by atoms with Gasteiger partial charge in [0.25, 0.3) is 0 Å². The molecule has 5 heteroatoms. The van der Waals surface area contributed by atoms with Gasteiger partial charge >= 0.3 is 6.09 Å². The van der Waals surface area contributed by atoms with Crippen molar-refractivity contribution in [3.8, 4) is 0 Å². The zero-order valence-corrected chi connectivity index (χ0v) is 5.42. The molecular formula is C4H9N3O2. The fourth-order valence-corrected chi connectivity index (χ4v) is 0.197. The highest BCUT2D eigenvalue weighted by Gasteiger charge is 1.82. The average Bonchev–Trinajstić information content (AvgIpc) is 1.68. The second-order valence-corrected chi connectivity index (χ2v) is 0.911. The SMILES string of the molecule is CCOC(=O)N=C=[N-].[NH4+]. The van der Waals surface area contributed by atoms with E-state index in [9.17, 15) is 4.79 Å². The van der Waals surface area contributed by atoms with Gasteiger partial charge in [-0.25, -0.2) is 0 Å². The number of carbonyl (C=O) groups is 1. The monoisotopic (exact) mass is 131 g/mol. The Hall–Kier alpha value is -1.19. The zero-order valence-electron chi connectivity index (χ0n) is 5.42. The summed E-state index contributed by atoms with van der Waals surface area (Å²) in [5.74, 6) is 0. The summed E-state index contributed by atoms with van der Waals surface area (Å²) in [5.41, 5.74) is 0. The van der Waals surface area contributed by atoms with Crippen molar-refractivity contribution in [2.45, 2.75) is 6.92 Å². The van der Waals surface area contributed by atoms with E-state index in [1.807, 2.05) is 0 Å². The second-order valence-electron chi connectivity index (χ2n) is 0.911. The fraction of sp³-hybridized carbons (Fsp3) is 0.500. The number of carbonyl (C=O) groups excluding carboxylic acids is 1. The van der Waals surface area contributed by atoms with Crippen molar-refractivity contribution in [2.24, 2.45) is 4.99 Å². The first-order valence-electron chi connectivity index (χ1n) is 2.07. The van der Waals surface area contributed by atoms with Crippen LogP contribution in [-0.2, 0) is 4.74 Å². The lowest BCUT2D eigenvalue weighted by molar-refractivity contribution is 0.164. The Morgan fingerprint density at radius 1 is 1.89 bits per heavy atom. The minimum absolute atomic E-state index is 0. The average molecular weight is 131 g/mol. The maximum absolute atomic E-state index is 10.0. The van der Waals surface area contributed by atoms with E-state index in [-0.39, 0.29) is 12.8 Å². The maximum atomic E-state index is 10.0. The molecule has 0 fully saturated rings. The van der Waals surface area contributed by atoms with Crippen LogP contribution in [0.3, 0.4) is 0 Å². The third-order valence-corrected chi connectivity index (χ3v) is 0.409. The molecule has 0 aromatic heterocycles. The molecule has 0 aliphatic carbocycles. The molecule has 0 heterocycles. The molecule has 4 N–H and O–H groups in total. The first kappa shape index (κ1) is 10.7. The number of ether oxygens (including phenoxy) is 1. The van der Waals surface area contributed by atoms with Crippen molar-refractivity contribution in [1.29, 1.82) is 0 Å². The van der Waals surface area contributed by atoms with E-state index in [0.717, 1.165) is 0 Å². The summed E-state index contributed by atoms with van der Waals surface area (Å²) in [5, 5.41) is 7.75. The molecule has 0 atom stereocenters. The van der Waals surface area contributed by atoms with Crippen LogP contribution < -0.4 is 6.15 Å². The van der Waals surface area contributed by atoms with E-state index in [1.54, 1.807) is 6.92 Å². The third kappa shape index (κ3) is 6.81. The Labute approximate surface area is 52.8 Å². The van der Waals surface area contributed by atoms with Gasteiger partial charge < -0.3 is 21.3 Å². The number of amides is 1. The third-order valence-electron chi connectivity index (χ3n) is 0.409. The molecule has 0 bridgehead atoms.